The number of ether oxygens (including phenoxy) is 2. The molecule has 0 aliphatic carbocycles. The fraction of sp³-hybridized carbons (Fsp3) is 0.364. The molecule has 0 unspecified atom stereocenters. The van der Waals surface area contributed by atoms with Crippen molar-refractivity contribution < 1.29 is 23.8 Å². The smallest absolute Gasteiger partial charge is 0.305 e. The van der Waals surface area contributed by atoms with Gasteiger partial charge in [0.2, 0.25) is 0 Å². The molecule has 0 spiro atoms. The molecule has 0 aliphatic rings. The van der Waals surface area contributed by atoms with Crippen molar-refractivity contribution in [3.63, 3.8) is 0 Å². The van der Waals surface area contributed by atoms with Crippen molar-refractivity contribution in [3.05, 3.63) is 29.6 Å². The van der Waals surface area contributed by atoms with Gasteiger partial charge in [0, 0.05) is 0 Å². The number of carbonyl (C=O) groups is 1. The summed E-state index contributed by atoms with van der Waals surface area (Å²) in [7, 11) is 1.39. The zero-order valence-electron chi connectivity index (χ0n) is 8.90. The number of rotatable bonds is 6. The van der Waals surface area contributed by atoms with Crippen LogP contribution in [0.2, 0.25) is 0 Å². The van der Waals surface area contributed by atoms with E-state index in [1.807, 2.05) is 0 Å². The Morgan fingerprint density at radius 1 is 1.50 bits per heavy atom. The topological polar surface area (TPSA) is 55.8 Å². The predicted molar refractivity (Wildman–Crippen MR) is 54.9 cm³/mol. The Bertz CT molecular complexity index is 365. The molecule has 0 saturated heterocycles. The molecule has 1 aromatic rings. The Morgan fingerprint density at radius 2 is 2.25 bits per heavy atom. The molecule has 0 fully saturated rings. The van der Waals surface area contributed by atoms with Crippen molar-refractivity contribution in [1.29, 1.82) is 0 Å². The van der Waals surface area contributed by atoms with E-state index in [4.69, 9.17) is 14.6 Å². The molecule has 0 aliphatic heterocycles. The Kier molecular flexibility index (Phi) is 4.72. The first-order valence-electron chi connectivity index (χ1n) is 4.75. The van der Waals surface area contributed by atoms with E-state index in [2.05, 4.69) is 0 Å². The van der Waals surface area contributed by atoms with Gasteiger partial charge < -0.3 is 14.6 Å². The van der Waals surface area contributed by atoms with Gasteiger partial charge >= 0.3 is 5.97 Å². The SMILES string of the molecule is COc1ccc(COCCC(=O)O)cc1F. The zero-order valence-corrected chi connectivity index (χ0v) is 8.90. The summed E-state index contributed by atoms with van der Waals surface area (Å²) in [4.78, 5) is 10.2. The monoisotopic (exact) mass is 228 g/mol. The highest BCUT2D eigenvalue weighted by atomic mass is 19.1. The van der Waals surface area contributed by atoms with Gasteiger partial charge in [0.25, 0.3) is 0 Å². The normalized spacial score (nSPS) is 10.1. The number of hydrogen-bond acceptors (Lipinski definition) is 3. The van der Waals surface area contributed by atoms with Gasteiger partial charge in [-0.15, -0.1) is 0 Å². The Morgan fingerprint density at radius 3 is 2.81 bits per heavy atom. The first-order valence-corrected chi connectivity index (χ1v) is 4.75. The Balaban J connectivity index is 2.43. The Labute approximate surface area is 92.6 Å². The molecule has 4 nitrogen and oxygen atoms in total. The number of carboxylic acid groups (broad SMARTS) is 1. The van der Waals surface area contributed by atoms with Crippen LogP contribution >= 0.6 is 0 Å². The molecule has 0 radical (unpaired) electrons. The average molecular weight is 228 g/mol. The highest BCUT2D eigenvalue weighted by Gasteiger charge is 2.03. The third kappa shape index (κ3) is 3.86. The van der Waals surface area contributed by atoms with Crippen LogP contribution in [-0.2, 0) is 16.1 Å². The van der Waals surface area contributed by atoms with Crippen LogP contribution in [0.15, 0.2) is 18.2 Å². The molecule has 16 heavy (non-hydrogen) atoms. The van der Waals surface area contributed by atoms with E-state index in [0.717, 1.165) is 0 Å². The molecular weight excluding hydrogens is 215 g/mol. The predicted octanol–water partition coefficient (Wildman–Crippen LogP) is 1.83. The summed E-state index contributed by atoms with van der Waals surface area (Å²) >= 11 is 0. The van der Waals surface area contributed by atoms with Crippen molar-refractivity contribution in [2.75, 3.05) is 13.7 Å². The van der Waals surface area contributed by atoms with Gasteiger partial charge in [-0.2, -0.15) is 0 Å². The molecule has 0 bridgehead atoms. The fourth-order valence-electron chi connectivity index (χ4n) is 1.15. The molecule has 88 valence electrons. The average Bonchev–Trinajstić information content (AvgIpc) is 2.24. The number of benzene rings is 1. The first-order chi connectivity index (χ1) is 7.63. The van der Waals surface area contributed by atoms with E-state index in [0.29, 0.717) is 5.56 Å². The summed E-state index contributed by atoms with van der Waals surface area (Å²) in [5, 5.41) is 8.37. The van der Waals surface area contributed by atoms with E-state index >= 15 is 0 Å². The van der Waals surface area contributed by atoms with Gasteiger partial charge in [0.1, 0.15) is 0 Å². The summed E-state index contributed by atoms with van der Waals surface area (Å²) in [5.74, 6) is -1.20. The minimum atomic E-state index is -0.916. The third-order valence-corrected chi connectivity index (χ3v) is 1.95. The second-order valence-corrected chi connectivity index (χ2v) is 3.17. The molecule has 1 N–H and O–H groups in total. The Hall–Kier alpha value is -1.62. The molecule has 0 amide bonds. The third-order valence-electron chi connectivity index (χ3n) is 1.95. The highest BCUT2D eigenvalue weighted by Crippen LogP contribution is 2.17. The second-order valence-electron chi connectivity index (χ2n) is 3.17. The second kappa shape index (κ2) is 6.07. The van der Waals surface area contributed by atoms with E-state index in [9.17, 15) is 9.18 Å². The van der Waals surface area contributed by atoms with Crippen molar-refractivity contribution in [2.24, 2.45) is 0 Å². The maximum Gasteiger partial charge on any atom is 0.305 e. The molecular formula is C11H13FO4. The van der Waals surface area contributed by atoms with Crippen LogP contribution in [0.4, 0.5) is 4.39 Å². The lowest BCUT2D eigenvalue weighted by atomic mass is 10.2. The minimum Gasteiger partial charge on any atom is -0.494 e. The maximum absolute atomic E-state index is 13.2. The van der Waals surface area contributed by atoms with Gasteiger partial charge in [-0.05, 0) is 17.7 Å². The fourth-order valence-corrected chi connectivity index (χ4v) is 1.15. The van der Waals surface area contributed by atoms with Gasteiger partial charge in [0.05, 0.1) is 26.7 Å². The van der Waals surface area contributed by atoms with Crippen LogP contribution in [0.25, 0.3) is 0 Å². The summed E-state index contributed by atoms with van der Waals surface area (Å²) < 4.78 is 23.0. The lowest BCUT2D eigenvalue weighted by molar-refractivity contribution is -0.138. The number of methoxy groups -OCH3 is 1. The minimum absolute atomic E-state index is 0.0569. The van der Waals surface area contributed by atoms with Gasteiger partial charge in [-0.3, -0.25) is 4.79 Å². The van der Waals surface area contributed by atoms with Crippen LogP contribution in [0.3, 0.4) is 0 Å². The molecule has 1 rings (SSSR count). The lowest BCUT2D eigenvalue weighted by Gasteiger charge is -2.05. The first kappa shape index (κ1) is 12.4. The molecule has 0 heterocycles. The van der Waals surface area contributed by atoms with Crippen LogP contribution in [0.5, 0.6) is 5.75 Å². The summed E-state index contributed by atoms with van der Waals surface area (Å²) in [6.45, 7) is 0.303. The molecule has 1 aromatic carbocycles. The molecule has 5 heteroatoms. The van der Waals surface area contributed by atoms with Gasteiger partial charge in [0.15, 0.2) is 11.6 Å². The van der Waals surface area contributed by atoms with Gasteiger partial charge in [-0.25, -0.2) is 4.39 Å². The zero-order chi connectivity index (χ0) is 12.0. The number of hydrogen-bond donors (Lipinski definition) is 1. The number of halogens is 1. The summed E-state index contributed by atoms with van der Waals surface area (Å²) in [5.41, 5.74) is 0.642. The van der Waals surface area contributed by atoms with E-state index in [-0.39, 0.29) is 25.4 Å². The van der Waals surface area contributed by atoms with Gasteiger partial charge in [-0.1, -0.05) is 6.07 Å². The standard InChI is InChI=1S/C11H13FO4/c1-15-10-3-2-8(6-9(10)12)7-16-5-4-11(13)14/h2-3,6H,4-5,7H2,1H3,(H,13,14). The van der Waals surface area contributed by atoms with Crippen molar-refractivity contribution in [2.45, 2.75) is 13.0 Å². The molecule has 0 atom stereocenters. The number of aliphatic carboxylic acids is 1. The quantitative estimate of drug-likeness (QED) is 0.754. The number of carboxylic acids is 1. The van der Waals surface area contributed by atoms with Crippen LogP contribution in [0.1, 0.15) is 12.0 Å². The molecule has 0 saturated carbocycles. The largest absolute Gasteiger partial charge is 0.494 e. The van der Waals surface area contributed by atoms with Crippen LogP contribution in [0, 0.1) is 5.82 Å². The van der Waals surface area contributed by atoms with Crippen molar-refractivity contribution in [3.8, 4) is 5.75 Å². The maximum atomic E-state index is 13.2. The van der Waals surface area contributed by atoms with E-state index < -0.39 is 11.8 Å². The molecule has 0 aromatic heterocycles. The van der Waals surface area contributed by atoms with Crippen LogP contribution in [-0.4, -0.2) is 24.8 Å². The van der Waals surface area contributed by atoms with Crippen LogP contribution < -0.4 is 4.74 Å². The van der Waals surface area contributed by atoms with Crippen molar-refractivity contribution in [1.82, 2.24) is 0 Å². The van der Waals surface area contributed by atoms with E-state index in [1.165, 1.54) is 19.2 Å². The van der Waals surface area contributed by atoms with E-state index in [1.54, 1.807) is 6.07 Å². The summed E-state index contributed by atoms with van der Waals surface area (Å²) in [6.07, 6.45) is -0.0569. The van der Waals surface area contributed by atoms with Crippen molar-refractivity contribution >= 4 is 5.97 Å². The lowest BCUT2D eigenvalue weighted by Crippen LogP contribution is -2.03. The highest BCUT2D eigenvalue weighted by molar-refractivity contribution is 5.66. The summed E-state index contributed by atoms with van der Waals surface area (Å²) in [6, 6.07) is 4.48.